The fraction of sp³-hybridized carbons (Fsp3) is 0.214. The first-order valence-electron chi connectivity index (χ1n) is 6.09. The van der Waals surface area contributed by atoms with E-state index in [9.17, 15) is 9.59 Å². The number of carbonyl (C=O) groups is 2. The summed E-state index contributed by atoms with van der Waals surface area (Å²) >= 11 is 13.5. The van der Waals surface area contributed by atoms with Crippen molar-refractivity contribution in [2.75, 3.05) is 0 Å². The molecule has 0 unspecified atom stereocenters. The van der Waals surface area contributed by atoms with Crippen LogP contribution in [0.25, 0.3) is 10.6 Å². The highest BCUT2D eigenvalue weighted by Crippen LogP contribution is 2.35. The average molecular weight is 344 g/mol. The molecule has 0 spiro atoms. The van der Waals surface area contributed by atoms with E-state index in [0.29, 0.717) is 20.7 Å². The zero-order valence-corrected chi connectivity index (χ0v) is 13.1. The number of Topliss-reactive ketones (excluding diaryl/α,β-unsaturated/α-hetero) is 1. The second kappa shape index (κ2) is 7.02. The SMILES string of the molecule is O=C(O)CCC(=O)Cc1csc(-c2cccc(Cl)c2Cl)n1. The van der Waals surface area contributed by atoms with Gasteiger partial charge < -0.3 is 5.11 Å². The van der Waals surface area contributed by atoms with Crippen molar-refractivity contribution in [3.63, 3.8) is 0 Å². The van der Waals surface area contributed by atoms with Crippen molar-refractivity contribution in [3.8, 4) is 10.6 Å². The van der Waals surface area contributed by atoms with Crippen LogP contribution in [0.3, 0.4) is 0 Å². The molecule has 0 atom stereocenters. The molecule has 2 rings (SSSR count). The molecule has 0 radical (unpaired) electrons. The number of ketones is 1. The number of hydrogen-bond acceptors (Lipinski definition) is 4. The number of thiazole rings is 1. The van der Waals surface area contributed by atoms with Gasteiger partial charge in [0.2, 0.25) is 0 Å². The van der Waals surface area contributed by atoms with Crippen LogP contribution in [0.4, 0.5) is 0 Å². The Morgan fingerprint density at radius 2 is 2.00 bits per heavy atom. The lowest BCUT2D eigenvalue weighted by Gasteiger charge is -2.01. The molecule has 1 aromatic carbocycles. The van der Waals surface area contributed by atoms with Crippen LogP contribution in [0.2, 0.25) is 10.0 Å². The van der Waals surface area contributed by atoms with Gasteiger partial charge in [0.25, 0.3) is 0 Å². The van der Waals surface area contributed by atoms with Crippen molar-refractivity contribution >= 4 is 46.3 Å². The van der Waals surface area contributed by atoms with Gasteiger partial charge in [0.05, 0.1) is 22.2 Å². The Kier molecular flexibility index (Phi) is 5.33. The summed E-state index contributed by atoms with van der Waals surface area (Å²) in [6.45, 7) is 0. The van der Waals surface area contributed by atoms with E-state index < -0.39 is 5.97 Å². The summed E-state index contributed by atoms with van der Waals surface area (Å²) in [5, 5.41) is 11.9. The Hall–Kier alpha value is -1.43. The van der Waals surface area contributed by atoms with Crippen molar-refractivity contribution < 1.29 is 14.7 Å². The minimum atomic E-state index is -0.979. The molecule has 7 heteroatoms. The second-order valence-electron chi connectivity index (χ2n) is 4.35. The molecule has 110 valence electrons. The van der Waals surface area contributed by atoms with Gasteiger partial charge in [-0.3, -0.25) is 9.59 Å². The minimum absolute atomic E-state index is 0.0140. The lowest BCUT2D eigenvalue weighted by atomic mass is 10.1. The van der Waals surface area contributed by atoms with E-state index in [4.69, 9.17) is 28.3 Å². The van der Waals surface area contributed by atoms with Crippen LogP contribution in [0.1, 0.15) is 18.5 Å². The molecular formula is C14H11Cl2NO3S. The Balaban J connectivity index is 2.09. The minimum Gasteiger partial charge on any atom is -0.481 e. The summed E-state index contributed by atoms with van der Waals surface area (Å²) < 4.78 is 0. The van der Waals surface area contributed by atoms with Crippen molar-refractivity contribution in [1.29, 1.82) is 0 Å². The molecule has 0 bridgehead atoms. The second-order valence-corrected chi connectivity index (χ2v) is 6.00. The Morgan fingerprint density at radius 3 is 2.71 bits per heavy atom. The predicted octanol–water partition coefficient (Wildman–Crippen LogP) is 4.09. The molecule has 1 heterocycles. The molecular weight excluding hydrogens is 333 g/mol. The molecule has 0 saturated carbocycles. The van der Waals surface area contributed by atoms with Crippen molar-refractivity contribution in [3.05, 3.63) is 39.3 Å². The van der Waals surface area contributed by atoms with Crippen molar-refractivity contribution in [1.82, 2.24) is 4.98 Å². The summed E-state index contributed by atoms with van der Waals surface area (Å²) in [5.41, 5.74) is 1.33. The number of benzene rings is 1. The van der Waals surface area contributed by atoms with Crippen LogP contribution in [0, 0.1) is 0 Å². The monoisotopic (exact) mass is 343 g/mol. The molecule has 0 aliphatic carbocycles. The number of halogens is 2. The highest BCUT2D eigenvalue weighted by atomic mass is 35.5. The molecule has 1 aromatic heterocycles. The zero-order chi connectivity index (χ0) is 15.4. The fourth-order valence-corrected chi connectivity index (χ4v) is 3.01. The Morgan fingerprint density at radius 1 is 1.24 bits per heavy atom. The van der Waals surface area contributed by atoms with Crippen molar-refractivity contribution in [2.24, 2.45) is 0 Å². The number of hydrogen-bond donors (Lipinski definition) is 1. The van der Waals surface area contributed by atoms with Gasteiger partial charge >= 0.3 is 5.97 Å². The molecule has 0 saturated heterocycles. The van der Waals surface area contributed by atoms with E-state index in [-0.39, 0.29) is 25.0 Å². The summed E-state index contributed by atoms with van der Waals surface area (Å²) in [4.78, 5) is 26.4. The van der Waals surface area contributed by atoms with Gasteiger partial charge in [0, 0.05) is 23.8 Å². The zero-order valence-electron chi connectivity index (χ0n) is 10.8. The first-order chi connectivity index (χ1) is 9.97. The molecule has 1 N–H and O–H groups in total. The van der Waals surface area contributed by atoms with E-state index >= 15 is 0 Å². The van der Waals surface area contributed by atoms with E-state index in [0.717, 1.165) is 5.56 Å². The van der Waals surface area contributed by atoms with Gasteiger partial charge in [-0.15, -0.1) is 11.3 Å². The van der Waals surface area contributed by atoms with Gasteiger partial charge in [-0.25, -0.2) is 4.98 Å². The maximum Gasteiger partial charge on any atom is 0.303 e. The standard InChI is InChI=1S/C14H11Cl2NO3S/c15-11-3-1-2-10(13(11)16)14-17-8(7-21-14)6-9(18)4-5-12(19)20/h1-3,7H,4-6H2,(H,19,20). The number of carboxylic acids is 1. The lowest BCUT2D eigenvalue weighted by molar-refractivity contribution is -0.138. The number of carboxylic acid groups (broad SMARTS) is 1. The summed E-state index contributed by atoms with van der Waals surface area (Å²) in [7, 11) is 0. The maximum atomic E-state index is 11.6. The van der Waals surface area contributed by atoms with E-state index in [1.807, 2.05) is 6.07 Å². The van der Waals surface area contributed by atoms with E-state index in [1.54, 1.807) is 17.5 Å². The largest absolute Gasteiger partial charge is 0.481 e. The number of carbonyl (C=O) groups excluding carboxylic acids is 1. The first kappa shape index (κ1) is 15.9. The third kappa shape index (κ3) is 4.27. The third-order valence-electron chi connectivity index (χ3n) is 2.73. The quantitative estimate of drug-likeness (QED) is 0.857. The number of aromatic nitrogens is 1. The highest BCUT2D eigenvalue weighted by molar-refractivity contribution is 7.13. The van der Waals surface area contributed by atoms with Crippen molar-refractivity contribution in [2.45, 2.75) is 19.3 Å². The summed E-state index contributed by atoms with van der Waals surface area (Å²) in [6, 6.07) is 5.28. The van der Waals surface area contributed by atoms with E-state index in [1.165, 1.54) is 11.3 Å². The summed E-state index contributed by atoms with van der Waals surface area (Å²) in [6.07, 6.45) is -0.0158. The fourth-order valence-electron chi connectivity index (χ4n) is 1.72. The normalized spacial score (nSPS) is 10.6. The molecule has 0 amide bonds. The van der Waals surface area contributed by atoms with Gasteiger partial charge in [0.1, 0.15) is 10.8 Å². The number of rotatable bonds is 6. The van der Waals surface area contributed by atoms with Crippen LogP contribution in [0.5, 0.6) is 0 Å². The van der Waals surface area contributed by atoms with Crippen LogP contribution < -0.4 is 0 Å². The van der Waals surface area contributed by atoms with Crippen LogP contribution in [-0.4, -0.2) is 21.8 Å². The van der Waals surface area contributed by atoms with Gasteiger partial charge in [-0.2, -0.15) is 0 Å². The lowest BCUT2D eigenvalue weighted by Crippen LogP contribution is -2.06. The van der Waals surface area contributed by atoms with E-state index in [2.05, 4.69) is 4.98 Å². The Labute approximate surface area is 135 Å². The smallest absolute Gasteiger partial charge is 0.303 e. The van der Waals surface area contributed by atoms with Crippen LogP contribution in [-0.2, 0) is 16.0 Å². The van der Waals surface area contributed by atoms with Gasteiger partial charge in [-0.05, 0) is 6.07 Å². The first-order valence-corrected chi connectivity index (χ1v) is 7.73. The van der Waals surface area contributed by atoms with Gasteiger partial charge in [-0.1, -0.05) is 35.3 Å². The average Bonchev–Trinajstić information content (AvgIpc) is 2.88. The Bertz CT molecular complexity index is 685. The summed E-state index contributed by atoms with van der Waals surface area (Å²) in [5.74, 6) is -1.13. The molecule has 0 fully saturated rings. The predicted molar refractivity (Wildman–Crippen MR) is 83.2 cm³/mol. The topological polar surface area (TPSA) is 67.3 Å². The molecule has 2 aromatic rings. The molecule has 4 nitrogen and oxygen atoms in total. The van der Waals surface area contributed by atoms with Gasteiger partial charge in [0.15, 0.2) is 0 Å². The number of aliphatic carboxylic acids is 1. The molecule has 0 aliphatic heterocycles. The van der Waals surface area contributed by atoms with Crippen LogP contribution >= 0.6 is 34.5 Å². The highest BCUT2D eigenvalue weighted by Gasteiger charge is 2.13. The maximum absolute atomic E-state index is 11.6. The molecule has 0 aliphatic rings. The third-order valence-corrected chi connectivity index (χ3v) is 4.47. The number of nitrogens with zero attached hydrogens (tertiary/aromatic N) is 1. The van der Waals surface area contributed by atoms with Crippen LogP contribution in [0.15, 0.2) is 23.6 Å². The molecule has 21 heavy (non-hydrogen) atoms.